The largest absolute Gasteiger partial charge is 0.320 e. The summed E-state index contributed by atoms with van der Waals surface area (Å²) >= 11 is 1.38. The lowest BCUT2D eigenvalue weighted by Gasteiger charge is -2.21. The Morgan fingerprint density at radius 2 is 1.93 bits per heavy atom. The molecule has 1 saturated carbocycles. The average molecular weight is 391 g/mol. The van der Waals surface area contributed by atoms with E-state index < -0.39 is 0 Å². The first-order chi connectivity index (χ1) is 13.7. The Morgan fingerprint density at radius 1 is 1.11 bits per heavy atom. The summed E-state index contributed by atoms with van der Waals surface area (Å²) in [6, 6.07) is 13.6. The second kappa shape index (κ2) is 7.02. The molecular weight excluding hydrogens is 370 g/mol. The summed E-state index contributed by atoms with van der Waals surface area (Å²) in [5.74, 6) is 0.186. The van der Waals surface area contributed by atoms with E-state index in [4.69, 9.17) is 0 Å². The molecule has 1 fully saturated rings. The van der Waals surface area contributed by atoms with Crippen LogP contribution in [-0.4, -0.2) is 23.3 Å². The molecule has 2 aliphatic rings. The maximum absolute atomic E-state index is 12.9. The molecule has 0 spiro atoms. The molecule has 1 aliphatic heterocycles. The lowest BCUT2D eigenvalue weighted by Crippen LogP contribution is -2.33. The summed E-state index contributed by atoms with van der Waals surface area (Å²) in [5.41, 5.74) is 3.65. The van der Waals surface area contributed by atoms with E-state index in [1.165, 1.54) is 16.9 Å². The van der Waals surface area contributed by atoms with Gasteiger partial charge in [0.05, 0.1) is 10.2 Å². The van der Waals surface area contributed by atoms with Crippen molar-refractivity contribution in [1.29, 1.82) is 0 Å². The van der Waals surface area contributed by atoms with E-state index >= 15 is 0 Å². The number of thiazole rings is 1. The first kappa shape index (κ1) is 17.4. The number of benzene rings is 2. The number of nitrogens with one attached hydrogen (secondary N) is 1. The Hall–Kier alpha value is -2.73. The fourth-order valence-corrected chi connectivity index (χ4v) is 5.09. The average Bonchev–Trinajstić information content (AvgIpc) is 3.45. The first-order valence-electron chi connectivity index (χ1n) is 9.80. The van der Waals surface area contributed by atoms with Crippen molar-refractivity contribution in [1.82, 2.24) is 4.98 Å². The van der Waals surface area contributed by atoms with E-state index in [9.17, 15) is 9.59 Å². The number of carbonyl (C=O) groups is 2. The van der Waals surface area contributed by atoms with E-state index in [0.29, 0.717) is 10.7 Å². The van der Waals surface area contributed by atoms with Crippen molar-refractivity contribution >= 4 is 44.7 Å². The van der Waals surface area contributed by atoms with Crippen LogP contribution in [0.25, 0.3) is 10.2 Å². The third-order valence-corrected chi connectivity index (χ3v) is 6.73. The number of carbonyl (C=O) groups excluding carboxylic acids is 2. The van der Waals surface area contributed by atoms with Crippen molar-refractivity contribution in [3.63, 3.8) is 0 Å². The molecule has 0 unspecified atom stereocenters. The van der Waals surface area contributed by atoms with Gasteiger partial charge in [-0.1, -0.05) is 31.0 Å². The van der Waals surface area contributed by atoms with Crippen molar-refractivity contribution in [2.45, 2.75) is 32.1 Å². The summed E-state index contributed by atoms with van der Waals surface area (Å²) in [7, 11) is 0. The number of rotatable bonds is 3. The predicted octanol–water partition coefficient (Wildman–Crippen LogP) is 4.63. The van der Waals surface area contributed by atoms with Crippen LogP contribution < -0.4 is 10.2 Å². The molecule has 0 bridgehead atoms. The van der Waals surface area contributed by atoms with Gasteiger partial charge in [0.15, 0.2) is 5.01 Å². The van der Waals surface area contributed by atoms with Crippen molar-refractivity contribution in [3.8, 4) is 0 Å². The van der Waals surface area contributed by atoms with Crippen LogP contribution in [0.2, 0.25) is 0 Å². The van der Waals surface area contributed by atoms with Gasteiger partial charge in [-0.25, -0.2) is 4.98 Å². The smallest absolute Gasteiger partial charge is 0.284 e. The fraction of sp³-hybridized carbons (Fsp3) is 0.318. The van der Waals surface area contributed by atoms with Crippen molar-refractivity contribution < 1.29 is 9.59 Å². The number of para-hydroxylation sites is 1. The van der Waals surface area contributed by atoms with Crippen molar-refractivity contribution in [2.24, 2.45) is 5.92 Å². The second-order valence-electron chi connectivity index (χ2n) is 7.51. The fourth-order valence-electron chi connectivity index (χ4n) is 4.23. The quantitative estimate of drug-likeness (QED) is 0.708. The number of anilines is 2. The van der Waals surface area contributed by atoms with Gasteiger partial charge >= 0.3 is 0 Å². The number of aromatic nitrogens is 1. The number of hydrogen-bond donors (Lipinski definition) is 1. The lowest BCUT2D eigenvalue weighted by atomic mass is 10.1. The molecule has 2 amide bonds. The van der Waals surface area contributed by atoms with Crippen molar-refractivity contribution in [2.75, 3.05) is 16.8 Å². The molecule has 5 nitrogen and oxygen atoms in total. The number of nitrogens with zero attached hydrogens (tertiary/aromatic N) is 2. The van der Waals surface area contributed by atoms with Gasteiger partial charge < -0.3 is 10.2 Å². The second-order valence-corrected chi connectivity index (χ2v) is 8.54. The number of fused-ring (bicyclic) bond motifs is 2. The van der Waals surface area contributed by atoms with Gasteiger partial charge in [-0.2, -0.15) is 0 Å². The van der Waals surface area contributed by atoms with Crippen molar-refractivity contribution in [3.05, 3.63) is 53.0 Å². The summed E-state index contributed by atoms with van der Waals surface area (Å²) in [5, 5.41) is 3.39. The highest BCUT2D eigenvalue weighted by Gasteiger charge is 2.32. The summed E-state index contributed by atoms with van der Waals surface area (Å²) < 4.78 is 0.995. The predicted molar refractivity (Wildman–Crippen MR) is 112 cm³/mol. The molecule has 0 atom stereocenters. The van der Waals surface area contributed by atoms with E-state index in [-0.39, 0.29) is 17.7 Å². The highest BCUT2D eigenvalue weighted by molar-refractivity contribution is 7.20. The van der Waals surface area contributed by atoms with Crippen LogP contribution in [0.3, 0.4) is 0 Å². The van der Waals surface area contributed by atoms with Crippen LogP contribution in [0, 0.1) is 5.92 Å². The van der Waals surface area contributed by atoms with E-state index in [1.54, 1.807) is 0 Å². The minimum Gasteiger partial charge on any atom is -0.320 e. The zero-order valence-electron chi connectivity index (χ0n) is 15.5. The van der Waals surface area contributed by atoms with Crippen LogP contribution in [0.5, 0.6) is 0 Å². The highest BCUT2D eigenvalue weighted by Crippen LogP contribution is 2.35. The molecule has 2 aromatic carbocycles. The van der Waals surface area contributed by atoms with Gasteiger partial charge in [0.1, 0.15) is 0 Å². The molecule has 0 saturated heterocycles. The zero-order valence-corrected chi connectivity index (χ0v) is 16.3. The molecule has 142 valence electrons. The van der Waals surface area contributed by atoms with E-state index in [1.807, 2.05) is 47.4 Å². The number of amides is 2. The Balaban J connectivity index is 1.37. The summed E-state index contributed by atoms with van der Waals surface area (Å²) in [6.45, 7) is 0.736. The molecule has 28 heavy (non-hydrogen) atoms. The molecular formula is C22H21N3O2S. The van der Waals surface area contributed by atoms with E-state index in [2.05, 4.69) is 10.3 Å². The first-order valence-corrected chi connectivity index (χ1v) is 10.6. The topological polar surface area (TPSA) is 62.3 Å². The highest BCUT2D eigenvalue weighted by atomic mass is 32.1. The zero-order chi connectivity index (χ0) is 19.1. The van der Waals surface area contributed by atoms with Crippen LogP contribution >= 0.6 is 11.3 Å². The monoisotopic (exact) mass is 391 g/mol. The Bertz CT molecular complexity index is 1040. The maximum Gasteiger partial charge on any atom is 0.284 e. The third-order valence-electron chi connectivity index (χ3n) is 5.70. The standard InChI is InChI=1S/C22H21N3O2S/c26-20(21-24-17-7-3-4-8-19(17)28-21)23-16-10-9-14-11-12-25(18(14)13-16)22(27)15-5-1-2-6-15/h3-4,7-10,13,15H,1-2,5-6,11-12H2,(H,23,26). The van der Waals surface area contributed by atoms with Crippen LogP contribution in [0.4, 0.5) is 11.4 Å². The van der Waals surface area contributed by atoms with Gasteiger partial charge in [0.25, 0.3) is 5.91 Å². The molecule has 6 heteroatoms. The van der Waals surface area contributed by atoms with Crippen LogP contribution in [0.15, 0.2) is 42.5 Å². The van der Waals surface area contributed by atoms with Crippen LogP contribution in [-0.2, 0) is 11.2 Å². The van der Waals surface area contributed by atoms with Gasteiger partial charge in [0, 0.05) is 23.8 Å². The Morgan fingerprint density at radius 3 is 2.75 bits per heavy atom. The van der Waals surface area contributed by atoms with Gasteiger partial charge in [0.2, 0.25) is 5.91 Å². The molecule has 2 heterocycles. The van der Waals surface area contributed by atoms with Crippen LogP contribution in [0.1, 0.15) is 41.0 Å². The molecule has 0 radical (unpaired) electrons. The number of hydrogen-bond acceptors (Lipinski definition) is 4. The summed E-state index contributed by atoms with van der Waals surface area (Å²) in [6.07, 6.45) is 5.17. The molecule has 1 N–H and O–H groups in total. The Kier molecular flexibility index (Phi) is 4.36. The third kappa shape index (κ3) is 3.07. The molecule has 3 aromatic rings. The Labute approximate surface area is 167 Å². The van der Waals surface area contributed by atoms with E-state index in [0.717, 1.165) is 54.6 Å². The minimum absolute atomic E-state index is 0.159. The molecule has 1 aliphatic carbocycles. The molecule has 1 aromatic heterocycles. The maximum atomic E-state index is 12.9. The van der Waals surface area contributed by atoms with Gasteiger partial charge in [-0.15, -0.1) is 11.3 Å². The normalized spacial score (nSPS) is 16.5. The SMILES string of the molecule is O=C(Nc1ccc2c(c1)N(C(=O)C1CCCC1)CC2)c1nc2ccccc2s1. The lowest BCUT2D eigenvalue weighted by molar-refractivity contribution is -0.122. The van der Waals surface area contributed by atoms with Gasteiger partial charge in [-0.05, 0) is 49.1 Å². The minimum atomic E-state index is -0.215. The summed E-state index contributed by atoms with van der Waals surface area (Å²) in [4.78, 5) is 31.9. The van der Waals surface area contributed by atoms with Gasteiger partial charge in [-0.3, -0.25) is 9.59 Å². The molecule has 5 rings (SSSR count).